The number of hydrogen-bond donors (Lipinski definition) is 2. The first-order valence-corrected chi connectivity index (χ1v) is 10.9. The van der Waals surface area contributed by atoms with Crippen molar-refractivity contribution >= 4 is 27.6 Å². The Morgan fingerprint density at radius 3 is 2.42 bits per heavy atom. The molecule has 2 N–H and O–H groups in total. The SMILES string of the molecule is Cn1c(CNS(=O)(=O)c2ccccc2Cl)cc(=O)c(OCc2ccccc2)c1C(=O)O. The van der Waals surface area contributed by atoms with Crippen LogP contribution in [0.25, 0.3) is 0 Å². The number of nitrogens with zero attached hydrogens (tertiary/aromatic N) is 1. The molecule has 162 valence electrons. The van der Waals surface area contributed by atoms with E-state index in [1.807, 2.05) is 6.07 Å². The topological polar surface area (TPSA) is 115 Å². The molecule has 0 saturated heterocycles. The van der Waals surface area contributed by atoms with Crippen LogP contribution in [0.1, 0.15) is 21.7 Å². The number of carbonyl (C=O) groups is 1. The number of sulfonamides is 1. The minimum Gasteiger partial charge on any atom is -0.482 e. The maximum Gasteiger partial charge on any atom is 0.356 e. The number of nitrogens with one attached hydrogen (secondary N) is 1. The van der Waals surface area contributed by atoms with Crippen LogP contribution < -0.4 is 14.9 Å². The molecule has 0 aliphatic heterocycles. The summed E-state index contributed by atoms with van der Waals surface area (Å²) in [7, 11) is -2.57. The van der Waals surface area contributed by atoms with Crippen LogP contribution in [0.15, 0.2) is 70.4 Å². The number of hydrogen-bond acceptors (Lipinski definition) is 5. The summed E-state index contributed by atoms with van der Waals surface area (Å²) in [6.45, 7) is -0.312. The van der Waals surface area contributed by atoms with Gasteiger partial charge in [0.2, 0.25) is 15.5 Å². The van der Waals surface area contributed by atoms with Crippen LogP contribution >= 0.6 is 11.6 Å². The van der Waals surface area contributed by atoms with Gasteiger partial charge in [0.1, 0.15) is 11.5 Å². The smallest absolute Gasteiger partial charge is 0.356 e. The average molecular weight is 463 g/mol. The third kappa shape index (κ3) is 5.13. The molecule has 2 aromatic carbocycles. The van der Waals surface area contributed by atoms with Crippen LogP contribution in [0.4, 0.5) is 0 Å². The van der Waals surface area contributed by atoms with E-state index in [4.69, 9.17) is 16.3 Å². The standard InChI is InChI=1S/C21H19ClN2O6S/c1-24-15(12-23-31(28,29)18-10-6-5-9-16(18)22)11-17(25)20(19(24)21(26)27)30-13-14-7-3-2-4-8-14/h2-11,23H,12-13H2,1H3,(H,26,27). The minimum atomic E-state index is -3.98. The second-order valence-electron chi connectivity index (χ2n) is 6.57. The number of pyridine rings is 1. The van der Waals surface area contributed by atoms with Crippen molar-refractivity contribution in [3.63, 3.8) is 0 Å². The summed E-state index contributed by atoms with van der Waals surface area (Å²) in [5.41, 5.74) is -0.142. The monoisotopic (exact) mass is 462 g/mol. The Kier molecular flexibility index (Phi) is 6.79. The van der Waals surface area contributed by atoms with Gasteiger partial charge in [-0.1, -0.05) is 54.1 Å². The van der Waals surface area contributed by atoms with Gasteiger partial charge in [-0.25, -0.2) is 17.9 Å². The van der Waals surface area contributed by atoms with E-state index in [9.17, 15) is 23.1 Å². The van der Waals surface area contributed by atoms with E-state index in [0.717, 1.165) is 11.6 Å². The van der Waals surface area contributed by atoms with Crippen molar-refractivity contribution in [2.24, 2.45) is 7.05 Å². The fourth-order valence-corrected chi connectivity index (χ4v) is 4.43. The van der Waals surface area contributed by atoms with Crippen LogP contribution in [0.2, 0.25) is 5.02 Å². The van der Waals surface area contributed by atoms with Gasteiger partial charge in [0.25, 0.3) is 0 Å². The van der Waals surface area contributed by atoms with Gasteiger partial charge in [-0.2, -0.15) is 0 Å². The lowest BCUT2D eigenvalue weighted by Gasteiger charge is -2.17. The van der Waals surface area contributed by atoms with Gasteiger partial charge in [-0.3, -0.25) is 4.79 Å². The van der Waals surface area contributed by atoms with Crippen molar-refractivity contribution in [3.05, 3.63) is 92.9 Å². The largest absolute Gasteiger partial charge is 0.482 e. The molecule has 31 heavy (non-hydrogen) atoms. The molecule has 0 atom stereocenters. The summed E-state index contributed by atoms with van der Waals surface area (Å²) in [4.78, 5) is 24.3. The molecule has 0 saturated carbocycles. The molecule has 0 radical (unpaired) electrons. The molecule has 0 aliphatic carbocycles. The highest BCUT2D eigenvalue weighted by atomic mass is 35.5. The second kappa shape index (κ2) is 9.34. The summed E-state index contributed by atoms with van der Waals surface area (Å²) in [6, 6.07) is 16.0. The zero-order chi connectivity index (χ0) is 22.6. The molecule has 1 aromatic heterocycles. The van der Waals surface area contributed by atoms with E-state index in [-0.39, 0.29) is 40.2 Å². The maximum atomic E-state index is 12.6. The van der Waals surface area contributed by atoms with Gasteiger partial charge in [0.05, 0.1) is 11.6 Å². The van der Waals surface area contributed by atoms with Crippen molar-refractivity contribution in [3.8, 4) is 5.75 Å². The normalized spacial score (nSPS) is 11.3. The van der Waals surface area contributed by atoms with Gasteiger partial charge < -0.3 is 14.4 Å². The van der Waals surface area contributed by atoms with Crippen LogP contribution in [-0.2, 0) is 30.2 Å². The van der Waals surface area contributed by atoms with E-state index in [1.165, 1.54) is 29.8 Å². The molecule has 3 aromatic rings. The zero-order valence-electron chi connectivity index (χ0n) is 16.4. The summed E-state index contributed by atoms with van der Waals surface area (Å²) in [6.07, 6.45) is 0. The number of carboxylic acid groups (broad SMARTS) is 1. The summed E-state index contributed by atoms with van der Waals surface area (Å²) in [5, 5.41) is 9.68. The molecule has 3 rings (SSSR count). The molecule has 0 unspecified atom stereocenters. The molecular formula is C21H19ClN2O6S. The number of benzene rings is 2. The lowest BCUT2D eigenvalue weighted by molar-refractivity contribution is 0.0678. The Morgan fingerprint density at radius 1 is 1.13 bits per heavy atom. The first kappa shape index (κ1) is 22.5. The van der Waals surface area contributed by atoms with Crippen molar-refractivity contribution < 1.29 is 23.1 Å². The second-order valence-corrected chi connectivity index (χ2v) is 8.71. The molecule has 1 heterocycles. The number of aromatic carboxylic acids is 1. The number of ether oxygens (including phenoxy) is 1. The minimum absolute atomic E-state index is 0.00877. The first-order chi connectivity index (χ1) is 14.7. The number of rotatable bonds is 8. The van der Waals surface area contributed by atoms with E-state index < -0.39 is 21.4 Å². The summed E-state index contributed by atoms with van der Waals surface area (Å²) >= 11 is 5.95. The lowest BCUT2D eigenvalue weighted by Crippen LogP contribution is -2.28. The van der Waals surface area contributed by atoms with Crippen molar-refractivity contribution in [1.29, 1.82) is 0 Å². The van der Waals surface area contributed by atoms with E-state index in [2.05, 4.69) is 4.72 Å². The van der Waals surface area contributed by atoms with Gasteiger partial charge in [0.15, 0.2) is 11.4 Å². The maximum absolute atomic E-state index is 12.6. The predicted octanol–water partition coefficient (Wildman–Crippen LogP) is 2.79. The fraction of sp³-hybridized carbons (Fsp3) is 0.143. The Labute approximate surface area is 183 Å². The number of halogens is 1. The summed E-state index contributed by atoms with van der Waals surface area (Å²) in [5.74, 6) is -1.70. The Balaban J connectivity index is 1.89. The Morgan fingerprint density at radius 2 is 1.77 bits per heavy atom. The molecule has 0 bridgehead atoms. The van der Waals surface area contributed by atoms with Crippen LogP contribution in [-0.4, -0.2) is 24.1 Å². The van der Waals surface area contributed by atoms with E-state index in [1.54, 1.807) is 30.3 Å². The van der Waals surface area contributed by atoms with Crippen molar-refractivity contribution in [1.82, 2.24) is 9.29 Å². The van der Waals surface area contributed by atoms with Gasteiger partial charge in [0, 0.05) is 18.8 Å². The van der Waals surface area contributed by atoms with Crippen LogP contribution in [0, 0.1) is 0 Å². The lowest BCUT2D eigenvalue weighted by atomic mass is 10.2. The molecule has 0 amide bonds. The highest BCUT2D eigenvalue weighted by molar-refractivity contribution is 7.89. The summed E-state index contributed by atoms with van der Waals surface area (Å²) < 4.78 is 34.1. The first-order valence-electron chi connectivity index (χ1n) is 9.08. The highest BCUT2D eigenvalue weighted by Gasteiger charge is 2.23. The van der Waals surface area contributed by atoms with Crippen LogP contribution in [0.5, 0.6) is 5.75 Å². The Bertz CT molecular complexity index is 1270. The molecule has 0 spiro atoms. The molecule has 0 fully saturated rings. The molecule has 8 nitrogen and oxygen atoms in total. The molecule has 0 aliphatic rings. The average Bonchev–Trinajstić information content (AvgIpc) is 2.73. The van der Waals surface area contributed by atoms with E-state index in [0.29, 0.717) is 0 Å². The quantitative estimate of drug-likeness (QED) is 0.532. The molecular weight excluding hydrogens is 444 g/mol. The zero-order valence-corrected chi connectivity index (χ0v) is 18.0. The molecule has 10 heteroatoms. The van der Waals surface area contributed by atoms with Gasteiger partial charge in [-0.05, 0) is 17.7 Å². The number of carboxylic acids is 1. The third-order valence-electron chi connectivity index (χ3n) is 4.50. The fourth-order valence-electron chi connectivity index (χ4n) is 2.92. The van der Waals surface area contributed by atoms with Gasteiger partial charge >= 0.3 is 5.97 Å². The highest BCUT2D eigenvalue weighted by Crippen LogP contribution is 2.21. The van der Waals surface area contributed by atoms with Crippen LogP contribution in [0.3, 0.4) is 0 Å². The number of aromatic nitrogens is 1. The van der Waals surface area contributed by atoms with E-state index >= 15 is 0 Å². The predicted molar refractivity (Wildman–Crippen MR) is 115 cm³/mol. The van der Waals surface area contributed by atoms with Gasteiger partial charge in [-0.15, -0.1) is 0 Å². The van der Waals surface area contributed by atoms with Crippen molar-refractivity contribution in [2.75, 3.05) is 0 Å². The van der Waals surface area contributed by atoms with Crippen molar-refractivity contribution in [2.45, 2.75) is 18.0 Å². The Hall–Kier alpha value is -3.14. The third-order valence-corrected chi connectivity index (χ3v) is 6.40.